The summed E-state index contributed by atoms with van der Waals surface area (Å²) in [6.07, 6.45) is 3.02. The molecule has 0 saturated heterocycles. The minimum absolute atomic E-state index is 0.0120. The average Bonchev–Trinajstić information content (AvgIpc) is 2.57. The lowest BCUT2D eigenvalue weighted by Gasteiger charge is -2.08. The van der Waals surface area contributed by atoms with Crippen LogP contribution in [0.1, 0.15) is 18.9 Å². The molecule has 0 fully saturated rings. The molecular formula is C17H21N3O2. The number of benzene rings is 1. The number of nitrogens with one attached hydrogen (secondary N) is 2. The molecule has 2 rings (SSSR count). The van der Waals surface area contributed by atoms with Crippen LogP contribution in [0, 0.1) is 0 Å². The molecule has 5 heteroatoms. The number of nitrogens with zero attached hydrogens (tertiary/aromatic N) is 1. The number of carbonyl (C=O) groups is 1. The Kier molecular flexibility index (Phi) is 5.77. The zero-order chi connectivity index (χ0) is 15.8. The van der Waals surface area contributed by atoms with E-state index in [1.165, 1.54) is 5.56 Å². The van der Waals surface area contributed by atoms with Gasteiger partial charge in [0.05, 0.1) is 19.0 Å². The number of methoxy groups -OCH3 is 1. The highest BCUT2D eigenvalue weighted by Gasteiger charge is 2.00. The first-order valence-corrected chi connectivity index (χ1v) is 7.34. The van der Waals surface area contributed by atoms with Gasteiger partial charge in [-0.1, -0.05) is 19.1 Å². The van der Waals surface area contributed by atoms with Gasteiger partial charge >= 0.3 is 0 Å². The summed E-state index contributed by atoms with van der Waals surface area (Å²) in [5, 5.41) is 6.03. The molecule has 1 amide bonds. The molecule has 2 aromatic rings. The maximum atomic E-state index is 11.3. The van der Waals surface area contributed by atoms with Crippen molar-refractivity contribution in [2.24, 2.45) is 0 Å². The van der Waals surface area contributed by atoms with E-state index in [0.29, 0.717) is 12.1 Å². The Hall–Kier alpha value is -2.56. The summed E-state index contributed by atoms with van der Waals surface area (Å²) < 4.78 is 5.13. The Bertz CT molecular complexity index is 594. The van der Waals surface area contributed by atoms with E-state index in [2.05, 4.69) is 27.8 Å². The van der Waals surface area contributed by atoms with E-state index in [1.54, 1.807) is 13.3 Å². The number of anilines is 2. The highest BCUT2D eigenvalue weighted by Crippen LogP contribution is 2.13. The number of amides is 1. The van der Waals surface area contributed by atoms with Gasteiger partial charge in [0.2, 0.25) is 5.91 Å². The lowest BCUT2D eigenvalue weighted by atomic mass is 10.1. The van der Waals surface area contributed by atoms with Crippen molar-refractivity contribution in [3.05, 3.63) is 48.2 Å². The van der Waals surface area contributed by atoms with Crippen molar-refractivity contribution < 1.29 is 9.53 Å². The molecule has 22 heavy (non-hydrogen) atoms. The number of rotatable bonds is 7. The quantitative estimate of drug-likeness (QED) is 0.824. The third kappa shape index (κ3) is 4.77. The molecule has 1 heterocycles. The fraction of sp³-hybridized carbons (Fsp3) is 0.294. The molecule has 0 aliphatic carbocycles. The highest BCUT2D eigenvalue weighted by molar-refractivity contribution is 5.90. The fourth-order valence-electron chi connectivity index (χ4n) is 1.95. The van der Waals surface area contributed by atoms with Crippen LogP contribution in [0.5, 0.6) is 5.75 Å². The standard InChI is InChI=1S/C17H21N3O2/c1-3-17(21)20-14-6-9-16(19-12-14)18-11-10-13-4-7-15(22-2)8-5-13/h4-9,12H,3,10-11H2,1-2H3,(H,18,19)(H,20,21). The number of pyridine rings is 1. The van der Waals surface area contributed by atoms with Gasteiger partial charge < -0.3 is 15.4 Å². The van der Waals surface area contributed by atoms with Crippen molar-refractivity contribution in [2.75, 3.05) is 24.3 Å². The highest BCUT2D eigenvalue weighted by atomic mass is 16.5. The Morgan fingerprint density at radius 2 is 1.95 bits per heavy atom. The second kappa shape index (κ2) is 8.02. The van der Waals surface area contributed by atoms with E-state index in [0.717, 1.165) is 24.5 Å². The van der Waals surface area contributed by atoms with Gasteiger partial charge in [-0.05, 0) is 36.2 Å². The summed E-state index contributed by atoms with van der Waals surface area (Å²) in [6.45, 7) is 2.61. The van der Waals surface area contributed by atoms with Crippen LogP contribution < -0.4 is 15.4 Å². The largest absolute Gasteiger partial charge is 0.497 e. The molecule has 0 radical (unpaired) electrons. The Balaban J connectivity index is 1.80. The van der Waals surface area contributed by atoms with Gasteiger partial charge in [-0.25, -0.2) is 4.98 Å². The zero-order valence-corrected chi connectivity index (χ0v) is 12.9. The number of carbonyl (C=O) groups excluding carboxylic acids is 1. The number of hydrogen-bond acceptors (Lipinski definition) is 4. The zero-order valence-electron chi connectivity index (χ0n) is 12.9. The Morgan fingerprint density at radius 3 is 2.55 bits per heavy atom. The molecule has 0 aliphatic heterocycles. The Morgan fingerprint density at radius 1 is 1.18 bits per heavy atom. The van der Waals surface area contributed by atoms with Crippen LogP contribution in [0.3, 0.4) is 0 Å². The van der Waals surface area contributed by atoms with Crippen molar-refractivity contribution in [1.29, 1.82) is 0 Å². The number of aromatic nitrogens is 1. The molecule has 1 aromatic carbocycles. The molecule has 2 N–H and O–H groups in total. The number of hydrogen-bond donors (Lipinski definition) is 2. The van der Waals surface area contributed by atoms with Crippen molar-refractivity contribution in [1.82, 2.24) is 4.98 Å². The monoisotopic (exact) mass is 299 g/mol. The minimum Gasteiger partial charge on any atom is -0.497 e. The normalized spacial score (nSPS) is 10.1. The van der Waals surface area contributed by atoms with E-state index in [1.807, 2.05) is 31.2 Å². The molecule has 0 spiro atoms. The van der Waals surface area contributed by atoms with E-state index >= 15 is 0 Å². The van der Waals surface area contributed by atoms with E-state index in [4.69, 9.17) is 4.74 Å². The van der Waals surface area contributed by atoms with Crippen LogP contribution in [-0.4, -0.2) is 24.5 Å². The predicted octanol–water partition coefficient (Wildman–Crippen LogP) is 3.09. The fourth-order valence-corrected chi connectivity index (χ4v) is 1.95. The topological polar surface area (TPSA) is 63.2 Å². The van der Waals surface area contributed by atoms with E-state index in [9.17, 15) is 4.79 Å². The molecule has 0 aliphatic rings. The predicted molar refractivity (Wildman–Crippen MR) is 88.3 cm³/mol. The maximum Gasteiger partial charge on any atom is 0.224 e. The molecule has 1 aromatic heterocycles. The second-order valence-electron chi connectivity index (χ2n) is 4.86. The van der Waals surface area contributed by atoms with Gasteiger partial charge in [0, 0.05) is 13.0 Å². The van der Waals surface area contributed by atoms with Gasteiger partial charge in [0.25, 0.3) is 0 Å². The van der Waals surface area contributed by atoms with Gasteiger partial charge in [-0.2, -0.15) is 0 Å². The lowest BCUT2D eigenvalue weighted by molar-refractivity contribution is -0.115. The van der Waals surface area contributed by atoms with Crippen molar-refractivity contribution >= 4 is 17.4 Å². The van der Waals surface area contributed by atoms with Crippen molar-refractivity contribution in [3.63, 3.8) is 0 Å². The Labute approximate surface area is 130 Å². The van der Waals surface area contributed by atoms with Gasteiger partial charge in [-0.3, -0.25) is 4.79 Å². The molecule has 0 saturated carbocycles. The van der Waals surface area contributed by atoms with Gasteiger partial charge in [-0.15, -0.1) is 0 Å². The van der Waals surface area contributed by atoms with Crippen LogP contribution in [-0.2, 0) is 11.2 Å². The molecule has 116 valence electrons. The third-order valence-electron chi connectivity index (χ3n) is 3.25. The van der Waals surface area contributed by atoms with Crippen LogP contribution in [0.15, 0.2) is 42.6 Å². The smallest absolute Gasteiger partial charge is 0.224 e. The lowest BCUT2D eigenvalue weighted by Crippen LogP contribution is -2.10. The summed E-state index contributed by atoms with van der Waals surface area (Å²) >= 11 is 0. The second-order valence-corrected chi connectivity index (χ2v) is 4.86. The molecule has 0 bridgehead atoms. The minimum atomic E-state index is -0.0120. The maximum absolute atomic E-state index is 11.3. The average molecular weight is 299 g/mol. The molecule has 0 unspecified atom stereocenters. The van der Waals surface area contributed by atoms with Gasteiger partial charge in [0.15, 0.2) is 0 Å². The van der Waals surface area contributed by atoms with E-state index in [-0.39, 0.29) is 5.91 Å². The summed E-state index contributed by atoms with van der Waals surface area (Å²) in [4.78, 5) is 15.6. The van der Waals surface area contributed by atoms with Crippen molar-refractivity contribution in [2.45, 2.75) is 19.8 Å². The summed E-state index contributed by atoms with van der Waals surface area (Å²) in [7, 11) is 1.66. The number of ether oxygens (including phenoxy) is 1. The third-order valence-corrected chi connectivity index (χ3v) is 3.25. The summed E-state index contributed by atoms with van der Waals surface area (Å²) in [5.41, 5.74) is 1.95. The van der Waals surface area contributed by atoms with Crippen LogP contribution in [0.25, 0.3) is 0 Å². The molecule has 0 atom stereocenters. The first kappa shape index (κ1) is 15.8. The van der Waals surface area contributed by atoms with Crippen LogP contribution in [0.4, 0.5) is 11.5 Å². The SMILES string of the molecule is CCC(=O)Nc1ccc(NCCc2ccc(OC)cc2)nc1. The van der Waals surface area contributed by atoms with Crippen LogP contribution in [0.2, 0.25) is 0 Å². The molecule has 5 nitrogen and oxygen atoms in total. The molecular weight excluding hydrogens is 278 g/mol. The summed E-state index contributed by atoms with van der Waals surface area (Å²) in [6, 6.07) is 11.7. The first-order chi connectivity index (χ1) is 10.7. The first-order valence-electron chi connectivity index (χ1n) is 7.34. The van der Waals surface area contributed by atoms with E-state index < -0.39 is 0 Å². The summed E-state index contributed by atoms with van der Waals surface area (Å²) in [5.74, 6) is 1.65. The van der Waals surface area contributed by atoms with Crippen molar-refractivity contribution in [3.8, 4) is 5.75 Å². The van der Waals surface area contributed by atoms with Gasteiger partial charge in [0.1, 0.15) is 11.6 Å². The van der Waals surface area contributed by atoms with Crippen LogP contribution >= 0.6 is 0 Å².